The summed E-state index contributed by atoms with van der Waals surface area (Å²) in [6.07, 6.45) is -3.51. The van der Waals surface area contributed by atoms with Gasteiger partial charge >= 0.3 is 6.18 Å². The second kappa shape index (κ2) is 11.2. The first-order valence-corrected chi connectivity index (χ1v) is 14.5. The lowest BCUT2D eigenvalue weighted by Gasteiger charge is -2.25. The maximum Gasteiger partial charge on any atom is 0.416 e. The number of fused-ring (bicyclic) bond motifs is 1. The number of pyridine rings is 1. The van der Waals surface area contributed by atoms with Gasteiger partial charge < -0.3 is 10.1 Å². The van der Waals surface area contributed by atoms with Crippen LogP contribution in [0.1, 0.15) is 44.2 Å². The van der Waals surface area contributed by atoms with E-state index in [9.17, 15) is 18.0 Å². The zero-order valence-corrected chi connectivity index (χ0v) is 24.2. The second-order valence-corrected chi connectivity index (χ2v) is 12.0. The molecular weight excluding hydrogens is 581 g/mol. The smallest absolute Gasteiger partial charge is 0.416 e. The quantitative estimate of drug-likeness (QED) is 0.227. The summed E-state index contributed by atoms with van der Waals surface area (Å²) in [4.78, 5) is 19.7. The number of benzene rings is 2. The Kier molecular flexibility index (Phi) is 8.01. The number of nitrogens with zero attached hydrogens (tertiary/aromatic N) is 2. The molecule has 0 saturated carbocycles. The van der Waals surface area contributed by atoms with Crippen LogP contribution in [0.3, 0.4) is 0 Å². The number of ether oxygens (including phenoxy) is 1. The molecule has 0 radical (unpaired) electrons. The molecule has 0 saturated heterocycles. The Morgan fingerprint density at radius 3 is 2.51 bits per heavy atom. The van der Waals surface area contributed by atoms with E-state index in [-0.39, 0.29) is 22.4 Å². The molecule has 0 amide bonds. The number of aromatic nitrogens is 2. The average Bonchev–Trinajstić information content (AvgIpc) is 3.55. The zero-order chi connectivity index (χ0) is 29.6. The highest BCUT2D eigenvalue weighted by molar-refractivity contribution is 7.99. The monoisotopic (exact) mass is 607 g/mol. The van der Waals surface area contributed by atoms with Crippen molar-refractivity contribution in [3.63, 3.8) is 0 Å². The minimum atomic E-state index is -4.79. The Labute approximate surface area is 241 Å². The van der Waals surface area contributed by atoms with E-state index in [1.807, 2.05) is 6.92 Å². The van der Waals surface area contributed by atoms with Crippen LogP contribution in [0.4, 0.5) is 22.0 Å². The fourth-order valence-corrected chi connectivity index (χ4v) is 7.71. The van der Waals surface area contributed by atoms with Crippen LogP contribution in [0.25, 0.3) is 11.1 Å². The fraction of sp³-hybridized carbons (Fsp3) is 0.310. The number of hydrogen-bond donors (Lipinski definition) is 1. The molecule has 1 aliphatic rings. The molecule has 3 heterocycles. The molecule has 0 fully saturated rings. The summed E-state index contributed by atoms with van der Waals surface area (Å²) in [5.74, 6) is -1.46. The Hall–Kier alpha value is -3.22. The minimum absolute atomic E-state index is 0.0114. The number of nitrogens with one attached hydrogen (secondary N) is 1. The van der Waals surface area contributed by atoms with Gasteiger partial charge in [0.15, 0.2) is 11.6 Å². The van der Waals surface area contributed by atoms with Crippen LogP contribution < -0.4 is 15.6 Å². The van der Waals surface area contributed by atoms with E-state index >= 15 is 8.78 Å². The Balaban J connectivity index is 1.80. The summed E-state index contributed by atoms with van der Waals surface area (Å²) in [6.45, 7) is 3.47. The maximum absolute atomic E-state index is 15.6. The molecule has 5 rings (SSSR count). The lowest BCUT2D eigenvalue weighted by Crippen LogP contribution is -2.35. The lowest BCUT2D eigenvalue weighted by molar-refractivity contribution is -0.138. The topological polar surface area (TPSA) is 56.2 Å². The first-order valence-electron chi connectivity index (χ1n) is 12.7. The highest BCUT2D eigenvalue weighted by atomic mass is 32.2. The van der Waals surface area contributed by atoms with Crippen molar-refractivity contribution in [1.29, 1.82) is 0 Å². The minimum Gasteiger partial charge on any atom is -0.494 e. The van der Waals surface area contributed by atoms with E-state index < -0.39 is 53.0 Å². The van der Waals surface area contributed by atoms with Gasteiger partial charge in [-0.25, -0.2) is 13.8 Å². The van der Waals surface area contributed by atoms with Gasteiger partial charge in [-0.3, -0.25) is 9.36 Å². The summed E-state index contributed by atoms with van der Waals surface area (Å²) >= 11 is 2.77. The van der Waals surface area contributed by atoms with Crippen molar-refractivity contribution in [3.05, 3.63) is 96.7 Å². The largest absolute Gasteiger partial charge is 0.494 e. The number of halogens is 5. The van der Waals surface area contributed by atoms with Gasteiger partial charge in [-0.05, 0) is 50.2 Å². The number of rotatable bonds is 7. The standard InChI is InChI=1S/C29H26F5N3O2S2/c1-14-12-36-26(41-14)25(35-3)21-13-40-28-17(11-18-19(29(32,33)34)8-6-9-20(18)30)15(2)23(27(38)37(21)28)16-7-5-10-22(39-4)24(16)31/h5-10,12,21,25,35H,11,13H2,1-4H3. The van der Waals surface area contributed by atoms with Gasteiger partial charge in [0.05, 0.1) is 35.3 Å². The van der Waals surface area contributed by atoms with Crippen LogP contribution >= 0.6 is 23.1 Å². The SMILES string of the molecule is CNC(c1ncc(C)s1)C1CSc2c(Cc3c(F)cccc3C(F)(F)F)c(C)c(-c3cccc(OC)c3F)c(=O)n21. The number of thioether (sulfide) groups is 1. The first kappa shape index (κ1) is 29.3. The summed E-state index contributed by atoms with van der Waals surface area (Å²) < 4.78 is 79.1. The van der Waals surface area contributed by atoms with E-state index in [0.29, 0.717) is 16.3 Å². The maximum atomic E-state index is 15.6. The van der Waals surface area contributed by atoms with Crippen molar-refractivity contribution in [3.8, 4) is 16.9 Å². The fourth-order valence-electron chi connectivity index (χ4n) is 5.34. The molecule has 0 bridgehead atoms. The van der Waals surface area contributed by atoms with E-state index in [0.717, 1.165) is 28.1 Å². The predicted octanol–water partition coefficient (Wildman–Crippen LogP) is 7.09. The molecule has 1 aliphatic heterocycles. The average molecular weight is 608 g/mol. The number of thiazole rings is 1. The van der Waals surface area contributed by atoms with Gasteiger partial charge in [-0.2, -0.15) is 13.2 Å². The molecule has 5 nitrogen and oxygen atoms in total. The number of aryl methyl sites for hydroxylation is 1. The van der Waals surface area contributed by atoms with Crippen molar-refractivity contribution in [1.82, 2.24) is 14.9 Å². The van der Waals surface area contributed by atoms with E-state index in [1.165, 1.54) is 53.0 Å². The Morgan fingerprint density at radius 2 is 1.88 bits per heavy atom. The van der Waals surface area contributed by atoms with E-state index in [4.69, 9.17) is 4.74 Å². The summed E-state index contributed by atoms with van der Waals surface area (Å²) in [7, 11) is 3.04. The van der Waals surface area contributed by atoms with Gasteiger partial charge in [0, 0.05) is 34.4 Å². The molecule has 1 N–H and O–H groups in total. The third-order valence-electron chi connectivity index (χ3n) is 7.29. The van der Waals surface area contributed by atoms with Crippen molar-refractivity contribution >= 4 is 23.1 Å². The third kappa shape index (κ3) is 5.17. The summed E-state index contributed by atoms with van der Waals surface area (Å²) in [5, 5.41) is 4.39. The molecule has 2 unspecified atom stereocenters. The van der Waals surface area contributed by atoms with Gasteiger partial charge in [0.2, 0.25) is 0 Å². The zero-order valence-electron chi connectivity index (χ0n) is 22.5. The van der Waals surface area contributed by atoms with Crippen LogP contribution in [0, 0.1) is 25.5 Å². The van der Waals surface area contributed by atoms with Crippen molar-refractivity contribution in [2.75, 3.05) is 19.9 Å². The molecule has 0 spiro atoms. The highest BCUT2D eigenvalue weighted by Gasteiger charge is 2.39. The molecule has 4 aromatic rings. The number of alkyl halides is 3. The third-order valence-corrected chi connectivity index (χ3v) is 9.51. The van der Waals surface area contributed by atoms with E-state index in [1.54, 1.807) is 20.2 Å². The van der Waals surface area contributed by atoms with Crippen LogP contribution in [-0.4, -0.2) is 29.5 Å². The molecule has 0 aliphatic carbocycles. The van der Waals surface area contributed by atoms with Crippen LogP contribution in [0.15, 0.2) is 52.4 Å². The highest BCUT2D eigenvalue weighted by Crippen LogP contribution is 2.45. The Morgan fingerprint density at radius 1 is 1.15 bits per heavy atom. The molecule has 41 heavy (non-hydrogen) atoms. The summed E-state index contributed by atoms with van der Waals surface area (Å²) in [5.41, 5.74) is -1.58. The van der Waals surface area contributed by atoms with Crippen LogP contribution in [0.5, 0.6) is 5.75 Å². The molecule has 2 aromatic heterocycles. The second-order valence-electron chi connectivity index (χ2n) is 9.68. The van der Waals surface area contributed by atoms with Gasteiger partial charge in [0.25, 0.3) is 5.56 Å². The van der Waals surface area contributed by atoms with Crippen molar-refractivity contribution in [2.45, 2.75) is 43.6 Å². The number of methoxy groups -OCH3 is 1. The van der Waals surface area contributed by atoms with Crippen molar-refractivity contribution < 1.29 is 26.7 Å². The van der Waals surface area contributed by atoms with Gasteiger partial charge in [0.1, 0.15) is 10.8 Å². The lowest BCUT2D eigenvalue weighted by atomic mass is 9.92. The normalized spacial score (nSPS) is 15.7. The first-order chi connectivity index (χ1) is 19.5. The molecule has 216 valence electrons. The molecule has 2 atom stereocenters. The Bertz CT molecular complexity index is 1680. The number of hydrogen-bond acceptors (Lipinski definition) is 6. The van der Waals surface area contributed by atoms with E-state index in [2.05, 4.69) is 10.3 Å². The van der Waals surface area contributed by atoms with Gasteiger partial charge in [-0.1, -0.05) is 18.2 Å². The van der Waals surface area contributed by atoms with Crippen LogP contribution in [0.2, 0.25) is 0 Å². The molecular formula is C29H26F5N3O2S2. The number of likely N-dealkylation sites (N-methyl/N-ethyl adjacent to an activating group) is 1. The molecule has 2 aromatic carbocycles. The predicted molar refractivity (Wildman–Crippen MR) is 150 cm³/mol. The van der Waals surface area contributed by atoms with Crippen molar-refractivity contribution in [2.24, 2.45) is 0 Å². The van der Waals surface area contributed by atoms with Gasteiger partial charge in [-0.15, -0.1) is 23.1 Å². The molecule has 12 heteroatoms. The summed E-state index contributed by atoms with van der Waals surface area (Å²) in [6, 6.07) is 6.32. The van der Waals surface area contributed by atoms with Crippen LogP contribution in [-0.2, 0) is 12.6 Å².